The molecule has 0 atom stereocenters. The molecule has 0 unspecified atom stereocenters. The normalized spacial score (nSPS) is 11.7. The van der Waals surface area contributed by atoms with E-state index in [-0.39, 0.29) is 5.34 Å². The van der Waals surface area contributed by atoms with E-state index in [9.17, 15) is 0 Å². The predicted molar refractivity (Wildman–Crippen MR) is 492 cm³/mol. The maximum atomic E-state index is 15.5. The molecule has 20 rings (SSSR count). The van der Waals surface area contributed by atoms with Gasteiger partial charge in [-0.3, -0.25) is 10.5 Å². The van der Waals surface area contributed by atoms with E-state index in [0.29, 0.717) is 0 Å². The average molecular weight is 1700 g/mol. The zero-order chi connectivity index (χ0) is 77.6. The zero-order valence-electron chi connectivity index (χ0n) is 60.6. The molecule has 548 valence electrons. The Labute approximate surface area is 677 Å². The molecule has 0 radical (unpaired) electrons. The van der Waals surface area contributed by atoms with Gasteiger partial charge in [0, 0.05) is 68.1 Å². The molecular formula is C98H72Br2Cl2O6P4. The molecule has 0 saturated heterocycles. The summed E-state index contributed by atoms with van der Waals surface area (Å²) in [6.45, 7) is 0. The average Bonchev–Trinajstić information content (AvgIpc) is 0.712. The van der Waals surface area contributed by atoms with Crippen LogP contribution in [0.5, 0.6) is 0 Å². The molecule has 0 aliphatic heterocycles. The largest absolute Gasteiger partial charge is 0.309 e. The number of hydrogen-bond acceptors (Lipinski definition) is 6. The number of alkyl halides is 3. The fourth-order valence-corrected chi connectivity index (χ4v) is 28.0. The van der Waals surface area contributed by atoms with Crippen LogP contribution in [-0.2, 0) is 18.3 Å². The number of benzene rings is 20. The van der Waals surface area contributed by atoms with Gasteiger partial charge in [-0.05, 0) is 133 Å². The second-order valence-electron chi connectivity index (χ2n) is 26.8. The summed E-state index contributed by atoms with van der Waals surface area (Å²) >= 11 is 16.1. The fraction of sp³-hybridized carbons (Fsp3) is 0.0204. The van der Waals surface area contributed by atoms with Gasteiger partial charge in [-0.15, -0.1) is 23.2 Å². The maximum absolute atomic E-state index is 15.5. The number of rotatable bonds is 12. The summed E-state index contributed by atoms with van der Waals surface area (Å²) in [4.78, 5) is 0. The van der Waals surface area contributed by atoms with Crippen molar-refractivity contribution in [2.24, 2.45) is 0 Å². The van der Waals surface area contributed by atoms with Crippen molar-refractivity contribution in [2.75, 3.05) is 11.2 Å². The first-order chi connectivity index (χ1) is 55.0. The van der Waals surface area contributed by atoms with Gasteiger partial charge in [-0.2, -0.15) is 0 Å². The summed E-state index contributed by atoms with van der Waals surface area (Å²) in [6.07, 6.45) is 0. The van der Waals surface area contributed by atoms with Crippen molar-refractivity contribution < 1.29 is 28.8 Å². The first-order valence-corrected chi connectivity index (χ1v) is 46.5. The molecule has 0 heterocycles. The Morgan fingerprint density at radius 1 is 0.214 bits per heavy atom. The molecule has 0 bridgehead atoms. The third-order valence-electron chi connectivity index (χ3n) is 21.0. The Kier molecular flexibility index (Phi) is 23.2. The molecule has 0 spiro atoms. The second kappa shape index (κ2) is 33.7. The lowest BCUT2D eigenvalue weighted by atomic mass is 9.94. The standard InChI is InChI=1S/2C40H28O2P2.C16H9Br.CH3Br.CH2Cl2.H2O2/c41-43(31-13-5-1-6-14-31,32-15-7-2-8-16-32)37-27-23-29-22-26-36-38(28-24-30-21-25-35(37)39(29)40(30)36)44(42,33-17-9-3-10-18-33)34-19-11-4-12-20-34;41-43(31-13-5-1-6-14-31,32-15-7-2-8-16-32)37-27-23-29-21-22-30-24-28-38(36-26-25-35(37)39(29)40(30)36)44(42,33-17-9-3-10-18-33)34-19-11-4-12-20-34;17-14-9-7-12-5-4-10-2-1-3-11-6-8-13(14)16(12)15(10)11;1-2;2-1-3;1-2/h2*1-28H;1-9H;1H3;1H2;1-2H. The van der Waals surface area contributed by atoms with E-state index in [1.807, 2.05) is 273 Å². The predicted octanol–water partition coefficient (Wildman–Crippen LogP) is 23.5. The topological polar surface area (TPSA) is 109 Å². The van der Waals surface area contributed by atoms with Crippen molar-refractivity contribution in [1.29, 1.82) is 0 Å². The minimum absolute atomic E-state index is 0.194. The SMILES string of the molecule is Brc1ccc2ccc3cccc4ccc1c2c34.CBr.ClCCl.O=P(c1ccccc1)(c1ccccc1)c1ccc2ccc3c(P(=O)(c4ccccc4)c4ccccc4)ccc4ccc1c2c43.O=P(c1ccccc1)(c1ccccc1)c1ccc2ccc3ccc(P(=O)(c4ccccc4)c4ccccc4)c4ccc1c2c34.OO. The molecule has 14 heteroatoms. The highest BCUT2D eigenvalue weighted by Gasteiger charge is 2.37. The van der Waals surface area contributed by atoms with Crippen LogP contribution in [0.3, 0.4) is 0 Å². The van der Waals surface area contributed by atoms with Crippen molar-refractivity contribution in [3.8, 4) is 0 Å². The van der Waals surface area contributed by atoms with E-state index in [4.69, 9.17) is 33.7 Å². The summed E-state index contributed by atoms with van der Waals surface area (Å²) in [5.74, 6) is 1.81. The van der Waals surface area contributed by atoms with Gasteiger partial charge >= 0.3 is 0 Å². The lowest BCUT2D eigenvalue weighted by Gasteiger charge is -2.25. The lowest BCUT2D eigenvalue weighted by molar-refractivity contribution is -0.176. The summed E-state index contributed by atoms with van der Waals surface area (Å²) in [5.41, 5.74) is 0. The number of halogens is 4. The van der Waals surface area contributed by atoms with Crippen molar-refractivity contribution >= 4 is 244 Å². The van der Waals surface area contributed by atoms with Crippen LogP contribution in [0.25, 0.3) is 97.0 Å². The van der Waals surface area contributed by atoms with Gasteiger partial charge in [0.25, 0.3) is 0 Å². The number of hydrogen-bond donors (Lipinski definition) is 2. The molecule has 0 amide bonds. The van der Waals surface area contributed by atoms with Crippen LogP contribution in [0.15, 0.2) is 399 Å². The van der Waals surface area contributed by atoms with Crippen LogP contribution >= 0.6 is 83.6 Å². The van der Waals surface area contributed by atoms with E-state index < -0.39 is 28.6 Å². The Morgan fingerprint density at radius 2 is 0.375 bits per heavy atom. The van der Waals surface area contributed by atoms with Crippen LogP contribution in [0.4, 0.5) is 0 Å². The van der Waals surface area contributed by atoms with E-state index in [2.05, 4.69) is 159 Å². The lowest BCUT2D eigenvalue weighted by Crippen LogP contribution is -2.26. The van der Waals surface area contributed by atoms with Crippen LogP contribution in [-0.4, -0.2) is 21.7 Å². The van der Waals surface area contributed by atoms with E-state index in [0.717, 1.165) is 128 Å². The maximum Gasteiger partial charge on any atom is 0.171 e. The summed E-state index contributed by atoms with van der Waals surface area (Å²) in [7, 11) is -12.9. The van der Waals surface area contributed by atoms with Gasteiger partial charge in [0.1, 0.15) is 0 Å². The highest BCUT2D eigenvalue weighted by atomic mass is 79.9. The first kappa shape index (κ1) is 77.2. The Balaban J connectivity index is 0.000000138. The van der Waals surface area contributed by atoms with Gasteiger partial charge in [0.05, 0.1) is 5.34 Å². The Hall–Kier alpha value is -10.1. The molecule has 2 N–H and O–H groups in total. The van der Waals surface area contributed by atoms with Crippen molar-refractivity contribution in [3.63, 3.8) is 0 Å². The molecule has 0 aliphatic rings. The molecule has 112 heavy (non-hydrogen) atoms. The molecule has 0 saturated carbocycles. The smallest absolute Gasteiger partial charge is 0.171 e. The van der Waals surface area contributed by atoms with Crippen molar-refractivity contribution in [2.45, 2.75) is 0 Å². The molecule has 20 aromatic carbocycles. The molecule has 6 nitrogen and oxygen atoms in total. The van der Waals surface area contributed by atoms with Crippen LogP contribution in [0.2, 0.25) is 0 Å². The molecule has 20 aromatic rings. The quantitative estimate of drug-likeness (QED) is 0.0415. The minimum Gasteiger partial charge on any atom is -0.309 e. The van der Waals surface area contributed by atoms with Gasteiger partial charge in [-0.1, -0.05) is 396 Å². The molecular weight excluding hydrogens is 1630 g/mol. The van der Waals surface area contributed by atoms with Crippen molar-refractivity contribution in [1.82, 2.24) is 0 Å². The van der Waals surface area contributed by atoms with Crippen LogP contribution < -0.4 is 63.7 Å². The Morgan fingerprint density at radius 3 is 0.598 bits per heavy atom. The minimum atomic E-state index is -3.23. The monoisotopic (exact) mass is 1700 g/mol. The molecule has 0 fully saturated rings. The Bertz CT molecular complexity index is 6070. The second-order valence-corrected chi connectivity index (χ2v) is 39.4. The van der Waals surface area contributed by atoms with Crippen LogP contribution in [0, 0.1) is 0 Å². The van der Waals surface area contributed by atoms with E-state index in [1.54, 1.807) is 0 Å². The van der Waals surface area contributed by atoms with E-state index >= 15 is 18.3 Å². The molecule has 0 aromatic heterocycles. The molecule has 0 aliphatic carbocycles. The van der Waals surface area contributed by atoms with Gasteiger partial charge in [0.15, 0.2) is 28.6 Å². The van der Waals surface area contributed by atoms with Gasteiger partial charge in [-0.25, -0.2) is 0 Å². The summed E-state index contributed by atoms with van der Waals surface area (Å²) < 4.78 is 63.2. The van der Waals surface area contributed by atoms with Crippen molar-refractivity contribution in [3.05, 3.63) is 399 Å². The third kappa shape index (κ3) is 13.7. The highest BCUT2D eigenvalue weighted by Crippen LogP contribution is 2.52. The highest BCUT2D eigenvalue weighted by molar-refractivity contribution is 9.10. The fourth-order valence-electron chi connectivity index (χ4n) is 16.2. The summed E-state index contributed by atoms with van der Waals surface area (Å²) in [5, 5.41) is 42.2. The van der Waals surface area contributed by atoms with E-state index in [1.165, 1.54) is 36.8 Å². The van der Waals surface area contributed by atoms with Gasteiger partial charge in [0.2, 0.25) is 0 Å². The van der Waals surface area contributed by atoms with Crippen LogP contribution in [0.1, 0.15) is 0 Å². The summed E-state index contributed by atoms with van der Waals surface area (Å²) in [6, 6.07) is 132. The van der Waals surface area contributed by atoms with Gasteiger partial charge < -0.3 is 18.3 Å². The zero-order valence-corrected chi connectivity index (χ0v) is 68.8. The first-order valence-electron chi connectivity index (χ1n) is 36.3. The third-order valence-corrected chi connectivity index (χ3v) is 34.2.